The number of hydrogen-bond donors (Lipinski definition) is 1. The molecule has 4 nitrogen and oxygen atoms in total. The van der Waals surface area contributed by atoms with Gasteiger partial charge in [0, 0.05) is 10.7 Å². The fourth-order valence-corrected chi connectivity index (χ4v) is 3.16. The van der Waals surface area contributed by atoms with Crippen molar-refractivity contribution in [3.63, 3.8) is 0 Å². The van der Waals surface area contributed by atoms with E-state index in [0.29, 0.717) is 28.6 Å². The number of ether oxygens (including phenoxy) is 1. The number of hydrogen-bond acceptors (Lipinski definition) is 3. The van der Waals surface area contributed by atoms with E-state index in [4.69, 9.17) is 16.3 Å². The van der Waals surface area contributed by atoms with Crippen LogP contribution >= 0.6 is 11.6 Å². The van der Waals surface area contributed by atoms with Gasteiger partial charge in [-0.2, -0.15) is 5.26 Å². The second-order valence-corrected chi connectivity index (χ2v) is 7.06. The molecule has 1 amide bonds. The Morgan fingerprint density at radius 3 is 2.67 bits per heavy atom. The SMILES string of the molecule is CCc1ccccc1NC(=O)/C(C#N)=C\c1cccc(OCc2cccc(Cl)c2)c1. The molecular weight excluding hydrogens is 396 g/mol. The second kappa shape index (κ2) is 10.3. The van der Waals surface area contributed by atoms with E-state index in [1.54, 1.807) is 12.1 Å². The molecule has 5 heteroatoms. The smallest absolute Gasteiger partial charge is 0.266 e. The van der Waals surface area contributed by atoms with Crippen molar-refractivity contribution < 1.29 is 9.53 Å². The number of nitriles is 1. The molecule has 0 fully saturated rings. The van der Waals surface area contributed by atoms with Crippen LogP contribution in [0.15, 0.2) is 78.4 Å². The van der Waals surface area contributed by atoms with E-state index >= 15 is 0 Å². The predicted molar refractivity (Wildman–Crippen MR) is 120 cm³/mol. The summed E-state index contributed by atoms with van der Waals surface area (Å²) in [6.45, 7) is 2.38. The summed E-state index contributed by atoms with van der Waals surface area (Å²) in [5, 5.41) is 13.0. The van der Waals surface area contributed by atoms with Crippen molar-refractivity contribution in [2.75, 3.05) is 5.32 Å². The summed E-state index contributed by atoms with van der Waals surface area (Å²) >= 11 is 6.00. The maximum absolute atomic E-state index is 12.6. The number of benzene rings is 3. The number of nitrogens with zero attached hydrogens (tertiary/aromatic N) is 1. The average Bonchev–Trinajstić information content (AvgIpc) is 2.76. The van der Waals surface area contributed by atoms with Crippen molar-refractivity contribution in [1.29, 1.82) is 5.26 Å². The van der Waals surface area contributed by atoms with Gasteiger partial charge >= 0.3 is 0 Å². The monoisotopic (exact) mass is 416 g/mol. The Morgan fingerprint density at radius 2 is 1.90 bits per heavy atom. The fraction of sp³-hybridized carbons (Fsp3) is 0.120. The molecule has 1 N–H and O–H groups in total. The van der Waals surface area contributed by atoms with Gasteiger partial charge in [0.25, 0.3) is 5.91 Å². The molecule has 0 saturated carbocycles. The van der Waals surface area contributed by atoms with Gasteiger partial charge in [-0.3, -0.25) is 4.79 Å². The molecule has 3 aromatic rings. The third-order valence-corrected chi connectivity index (χ3v) is 4.71. The molecule has 0 aliphatic carbocycles. The summed E-state index contributed by atoms with van der Waals surface area (Å²) in [4.78, 5) is 12.6. The van der Waals surface area contributed by atoms with Gasteiger partial charge in [0.05, 0.1) is 0 Å². The van der Waals surface area contributed by atoms with Crippen LogP contribution in [-0.4, -0.2) is 5.91 Å². The summed E-state index contributed by atoms with van der Waals surface area (Å²) in [6.07, 6.45) is 2.34. The number of amides is 1. The second-order valence-electron chi connectivity index (χ2n) is 6.63. The van der Waals surface area contributed by atoms with Crippen LogP contribution in [0.4, 0.5) is 5.69 Å². The molecule has 0 unspecified atom stereocenters. The maximum atomic E-state index is 12.6. The van der Waals surface area contributed by atoms with Crippen LogP contribution < -0.4 is 10.1 Å². The molecule has 0 radical (unpaired) electrons. The van der Waals surface area contributed by atoms with E-state index in [1.807, 2.05) is 79.7 Å². The zero-order valence-corrected chi connectivity index (χ0v) is 17.3. The Hall–Kier alpha value is -3.55. The summed E-state index contributed by atoms with van der Waals surface area (Å²) in [7, 11) is 0. The standard InChI is InChI=1S/C25H21ClN2O2/c1-2-20-9-3-4-12-24(20)28-25(29)21(16-27)13-18-7-6-11-23(15-18)30-17-19-8-5-10-22(26)14-19/h3-15H,2,17H2,1H3,(H,28,29)/b21-13-. The van der Waals surface area contributed by atoms with Crippen LogP contribution in [-0.2, 0) is 17.8 Å². The van der Waals surface area contributed by atoms with Crippen LogP contribution in [0.5, 0.6) is 5.75 Å². The number of anilines is 1. The van der Waals surface area contributed by atoms with Crippen LogP contribution in [0.3, 0.4) is 0 Å². The molecule has 0 aliphatic heterocycles. The van der Waals surface area contributed by atoms with Crippen LogP contribution in [0, 0.1) is 11.3 Å². The molecular formula is C25H21ClN2O2. The topological polar surface area (TPSA) is 62.1 Å². The summed E-state index contributed by atoms with van der Waals surface area (Å²) in [6, 6.07) is 24.2. The highest BCUT2D eigenvalue weighted by Gasteiger charge is 2.11. The molecule has 0 saturated heterocycles. The molecule has 0 bridgehead atoms. The molecule has 0 atom stereocenters. The van der Waals surface area contributed by atoms with E-state index < -0.39 is 5.91 Å². The van der Waals surface area contributed by atoms with Gasteiger partial charge in [0.2, 0.25) is 0 Å². The first-order chi connectivity index (χ1) is 14.6. The van der Waals surface area contributed by atoms with Gasteiger partial charge in [-0.05, 0) is 59.5 Å². The number of rotatable bonds is 7. The molecule has 0 aliphatic rings. The number of carbonyl (C=O) groups is 1. The van der Waals surface area contributed by atoms with Gasteiger partial charge in [0.15, 0.2) is 0 Å². The van der Waals surface area contributed by atoms with E-state index in [1.165, 1.54) is 0 Å². The highest BCUT2D eigenvalue weighted by atomic mass is 35.5. The Bertz CT molecular complexity index is 1120. The minimum Gasteiger partial charge on any atom is -0.489 e. The Labute approximate surface area is 181 Å². The molecule has 30 heavy (non-hydrogen) atoms. The van der Waals surface area contributed by atoms with Gasteiger partial charge in [-0.15, -0.1) is 0 Å². The minimum atomic E-state index is -0.441. The third kappa shape index (κ3) is 5.73. The zero-order chi connectivity index (χ0) is 21.3. The molecule has 150 valence electrons. The van der Waals surface area contributed by atoms with Crippen molar-refractivity contribution in [2.45, 2.75) is 20.0 Å². The van der Waals surface area contributed by atoms with Crippen molar-refractivity contribution in [3.05, 3.63) is 100 Å². The first-order valence-electron chi connectivity index (χ1n) is 9.57. The Balaban J connectivity index is 1.73. The highest BCUT2D eigenvalue weighted by molar-refractivity contribution is 6.30. The Kier molecular flexibility index (Phi) is 7.26. The predicted octanol–water partition coefficient (Wildman–Crippen LogP) is 6.03. The largest absolute Gasteiger partial charge is 0.489 e. The van der Waals surface area contributed by atoms with Crippen LogP contribution in [0.25, 0.3) is 6.08 Å². The average molecular weight is 417 g/mol. The molecule has 3 aromatic carbocycles. The normalized spacial score (nSPS) is 10.9. The van der Waals surface area contributed by atoms with Crippen molar-refractivity contribution >= 4 is 29.3 Å². The molecule has 0 spiro atoms. The number of carbonyl (C=O) groups excluding carboxylic acids is 1. The first-order valence-corrected chi connectivity index (χ1v) is 9.95. The van der Waals surface area contributed by atoms with E-state index in [-0.39, 0.29) is 5.57 Å². The number of para-hydroxylation sites is 1. The lowest BCUT2D eigenvalue weighted by Crippen LogP contribution is -2.14. The minimum absolute atomic E-state index is 0.0212. The number of aryl methyl sites for hydroxylation is 1. The molecule has 0 aromatic heterocycles. The highest BCUT2D eigenvalue weighted by Crippen LogP contribution is 2.20. The van der Waals surface area contributed by atoms with Crippen LogP contribution in [0.2, 0.25) is 5.02 Å². The van der Waals surface area contributed by atoms with Gasteiger partial charge in [-0.1, -0.05) is 61.0 Å². The van der Waals surface area contributed by atoms with Gasteiger partial charge < -0.3 is 10.1 Å². The quantitative estimate of drug-likeness (QED) is 0.378. The first kappa shape index (κ1) is 21.2. The zero-order valence-electron chi connectivity index (χ0n) is 16.6. The maximum Gasteiger partial charge on any atom is 0.266 e. The lowest BCUT2D eigenvalue weighted by molar-refractivity contribution is -0.112. The fourth-order valence-electron chi connectivity index (χ4n) is 2.94. The van der Waals surface area contributed by atoms with Crippen LogP contribution in [0.1, 0.15) is 23.6 Å². The molecule has 3 rings (SSSR count). The third-order valence-electron chi connectivity index (χ3n) is 4.48. The van der Waals surface area contributed by atoms with Crippen molar-refractivity contribution in [1.82, 2.24) is 0 Å². The summed E-state index contributed by atoms with van der Waals surface area (Å²) in [5.74, 6) is 0.196. The van der Waals surface area contributed by atoms with Gasteiger partial charge in [-0.25, -0.2) is 0 Å². The lowest BCUT2D eigenvalue weighted by Gasteiger charge is -2.09. The Morgan fingerprint density at radius 1 is 1.10 bits per heavy atom. The number of nitrogens with one attached hydrogen (secondary N) is 1. The lowest BCUT2D eigenvalue weighted by atomic mass is 10.1. The summed E-state index contributed by atoms with van der Waals surface area (Å²) in [5.41, 5.74) is 3.40. The van der Waals surface area contributed by atoms with Crippen molar-refractivity contribution in [3.8, 4) is 11.8 Å². The van der Waals surface area contributed by atoms with E-state index in [9.17, 15) is 10.1 Å². The van der Waals surface area contributed by atoms with Crippen molar-refractivity contribution in [2.24, 2.45) is 0 Å². The summed E-state index contributed by atoms with van der Waals surface area (Å²) < 4.78 is 5.82. The van der Waals surface area contributed by atoms with E-state index in [0.717, 1.165) is 17.5 Å². The molecule has 0 heterocycles. The number of halogens is 1. The van der Waals surface area contributed by atoms with E-state index in [2.05, 4.69) is 5.32 Å². The van der Waals surface area contributed by atoms with Gasteiger partial charge in [0.1, 0.15) is 24.0 Å².